The summed E-state index contributed by atoms with van der Waals surface area (Å²) in [5.41, 5.74) is 0. The number of nitrogens with one attached hydrogen (secondary N) is 1. The lowest BCUT2D eigenvalue weighted by atomic mass is 10.4. The predicted octanol–water partition coefficient (Wildman–Crippen LogP) is 1.15. The molecular weight excluding hydrogens is 196 g/mol. The van der Waals surface area contributed by atoms with Gasteiger partial charge in [0.15, 0.2) is 0 Å². The molecular formula is C7H7F2N3O2. The van der Waals surface area contributed by atoms with Gasteiger partial charge in [0.2, 0.25) is 5.89 Å². The monoisotopic (exact) mass is 203 g/mol. The van der Waals surface area contributed by atoms with Crippen molar-refractivity contribution in [2.45, 2.75) is 25.2 Å². The maximum atomic E-state index is 11.8. The molecule has 1 heterocycles. The summed E-state index contributed by atoms with van der Waals surface area (Å²) in [6.45, 7) is 0. The Morgan fingerprint density at radius 3 is 2.79 bits per heavy atom. The van der Waals surface area contributed by atoms with Gasteiger partial charge in [0.25, 0.3) is 5.91 Å². The number of halogens is 2. The predicted molar refractivity (Wildman–Crippen MR) is 40.9 cm³/mol. The Bertz CT molecular complexity index is 348. The quantitative estimate of drug-likeness (QED) is 0.800. The lowest BCUT2D eigenvalue weighted by Crippen LogP contribution is -2.20. The molecule has 0 radical (unpaired) electrons. The topological polar surface area (TPSA) is 68.0 Å². The average Bonchev–Trinajstić information content (AvgIpc) is 2.88. The second kappa shape index (κ2) is 3.32. The zero-order valence-electron chi connectivity index (χ0n) is 7.04. The molecule has 1 aromatic rings. The molecule has 0 unspecified atom stereocenters. The van der Waals surface area contributed by atoms with Gasteiger partial charge in [0, 0.05) is 5.92 Å². The first-order valence-electron chi connectivity index (χ1n) is 4.09. The van der Waals surface area contributed by atoms with Gasteiger partial charge in [-0.25, -0.2) is 0 Å². The van der Waals surface area contributed by atoms with Crippen LogP contribution >= 0.6 is 0 Å². The molecule has 0 aliphatic heterocycles. The van der Waals surface area contributed by atoms with E-state index >= 15 is 0 Å². The van der Waals surface area contributed by atoms with Crippen molar-refractivity contribution >= 4 is 11.9 Å². The van der Waals surface area contributed by atoms with Crippen LogP contribution in [-0.4, -0.2) is 22.5 Å². The normalized spacial score (nSPS) is 15.9. The Balaban J connectivity index is 1.99. The van der Waals surface area contributed by atoms with Crippen molar-refractivity contribution in [1.82, 2.24) is 10.2 Å². The molecule has 2 rings (SSSR count). The van der Waals surface area contributed by atoms with Crippen LogP contribution < -0.4 is 5.32 Å². The van der Waals surface area contributed by atoms with E-state index in [1.807, 2.05) is 5.32 Å². The van der Waals surface area contributed by atoms with Gasteiger partial charge in [0.05, 0.1) is 0 Å². The van der Waals surface area contributed by atoms with Gasteiger partial charge in [-0.05, 0) is 12.8 Å². The number of amides is 1. The molecule has 5 nitrogen and oxygen atoms in total. The number of alkyl halides is 2. The lowest BCUT2D eigenvalue weighted by Gasteiger charge is -1.96. The van der Waals surface area contributed by atoms with Gasteiger partial charge in [-0.2, -0.15) is 8.78 Å². The largest absolute Gasteiger partial charge is 0.408 e. The molecule has 0 saturated heterocycles. The second-order valence-corrected chi connectivity index (χ2v) is 3.01. The summed E-state index contributed by atoms with van der Waals surface area (Å²) in [6.07, 6.45) is -1.15. The minimum Gasteiger partial charge on any atom is -0.408 e. The minimum absolute atomic E-state index is 0.236. The number of aromatic nitrogens is 2. The standard InChI is InChI=1S/C7H7F2N3O2/c8-4(9)5(13)10-7-12-11-6(14-7)3-1-2-3/h3-4H,1-2H2,(H,10,12,13). The fraction of sp³-hybridized carbons (Fsp3) is 0.571. The summed E-state index contributed by atoms with van der Waals surface area (Å²) >= 11 is 0. The van der Waals surface area contributed by atoms with Crippen molar-refractivity contribution in [2.75, 3.05) is 5.32 Å². The molecule has 76 valence electrons. The van der Waals surface area contributed by atoms with Gasteiger partial charge in [0.1, 0.15) is 0 Å². The molecule has 0 bridgehead atoms. The summed E-state index contributed by atoms with van der Waals surface area (Å²) in [4.78, 5) is 10.5. The summed E-state index contributed by atoms with van der Waals surface area (Å²) in [7, 11) is 0. The summed E-state index contributed by atoms with van der Waals surface area (Å²) in [5.74, 6) is -0.801. The number of anilines is 1. The van der Waals surface area contributed by atoms with E-state index in [1.54, 1.807) is 0 Å². The lowest BCUT2D eigenvalue weighted by molar-refractivity contribution is -0.126. The highest BCUT2D eigenvalue weighted by atomic mass is 19.3. The zero-order valence-corrected chi connectivity index (χ0v) is 7.04. The van der Waals surface area contributed by atoms with E-state index in [1.165, 1.54) is 0 Å². The van der Waals surface area contributed by atoms with E-state index in [4.69, 9.17) is 4.42 Å². The molecule has 1 aromatic heterocycles. The third-order valence-electron chi connectivity index (χ3n) is 1.80. The summed E-state index contributed by atoms with van der Waals surface area (Å²) in [6, 6.07) is -0.266. The van der Waals surface area contributed by atoms with Crippen LogP contribution in [-0.2, 0) is 4.79 Å². The van der Waals surface area contributed by atoms with Crippen molar-refractivity contribution in [1.29, 1.82) is 0 Å². The molecule has 1 aliphatic carbocycles. The van der Waals surface area contributed by atoms with Crippen LogP contribution in [0.1, 0.15) is 24.7 Å². The van der Waals surface area contributed by atoms with E-state index < -0.39 is 12.3 Å². The maximum Gasteiger partial charge on any atom is 0.322 e. The third-order valence-corrected chi connectivity index (χ3v) is 1.80. The molecule has 14 heavy (non-hydrogen) atoms. The first-order chi connectivity index (χ1) is 6.66. The van der Waals surface area contributed by atoms with Crippen LogP contribution in [0.3, 0.4) is 0 Å². The van der Waals surface area contributed by atoms with Gasteiger partial charge in [-0.15, -0.1) is 5.10 Å². The maximum absolute atomic E-state index is 11.8. The van der Waals surface area contributed by atoms with E-state index in [0.29, 0.717) is 5.89 Å². The van der Waals surface area contributed by atoms with Crippen LogP contribution in [0, 0.1) is 0 Å². The van der Waals surface area contributed by atoms with E-state index in [0.717, 1.165) is 12.8 Å². The Morgan fingerprint density at radius 2 is 2.21 bits per heavy atom. The van der Waals surface area contributed by atoms with E-state index in [2.05, 4.69) is 10.2 Å². The number of hydrogen-bond acceptors (Lipinski definition) is 4. The zero-order chi connectivity index (χ0) is 10.1. The highest BCUT2D eigenvalue weighted by Gasteiger charge is 2.30. The first-order valence-corrected chi connectivity index (χ1v) is 4.09. The highest BCUT2D eigenvalue weighted by molar-refractivity contribution is 5.90. The number of rotatable bonds is 3. The number of hydrogen-bond donors (Lipinski definition) is 1. The van der Waals surface area contributed by atoms with Crippen molar-refractivity contribution in [3.63, 3.8) is 0 Å². The minimum atomic E-state index is -3.08. The smallest absolute Gasteiger partial charge is 0.322 e. The van der Waals surface area contributed by atoms with Crippen LogP contribution in [0.5, 0.6) is 0 Å². The van der Waals surface area contributed by atoms with Crippen LogP contribution in [0.4, 0.5) is 14.8 Å². The van der Waals surface area contributed by atoms with Crippen molar-refractivity contribution in [2.24, 2.45) is 0 Å². The number of nitrogens with zero attached hydrogens (tertiary/aromatic N) is 2. The SMILES string of the molecule is O=C(Nc1nnc(C2CC2)o1)C(F)F. The first kappa shape index (κ1) is 9.04. The average molecular weight is 203 g/mol. The Hall–Kier alpha value is -1.53. The molecule has 1 fully saturated rings. The number of carbonyl (C=O) groups excluding carboxylic acids is 1. The fourth-order valence-corrected chi connectivity index (χ4v) is 0.940. The van der Waals surface area contributed by atoms with Crippen molar-refractivity contribution < 1.29 is 18.0 Å². The molecule has 1 amide bonds. The Kier molecular flexibility index (Phi) is 2.14. The third kappa shape index (κ3) is 1.86. The number of carbonyl (C=O) groups is 1. The molecule has 0 atom stereocenters. The van der Waals surface area contributed by atoms with Crippen molar-refractivity contribution in [3.8, 4) is 0 Å². The van der Waals surface area contributed by atoms with Gasteiger partial charge in [-0.1, -0.05) is 5.10 Å². The fourth-order valence-electron chi connectivity index (χ4n) is 0.940. The Labute approximate surface area is 77.5 Å². The molecule has 0 aromatic carbocycles. The molecule has 1 N–H and O–H groups in total. The molecule has 7 heteroatoms. The summed E-state index contributed by atoms with van der Waals surface area (Å²) < 4.78 is 28.5. The highest BCUT2D eigenvalue weighted by Crippen LogP contribution is 2.39. The Morgan fingerprint density at radius 1 is 1.50 bits per heavy atom. The van der Waals surface area contributed by atoms with Crippen LogP contribution in [0.25, 0.3) is 0 Å². The van der Waals surface area contributed by atoms with Gasteiger partial charge >= 0.3 is 12.4 Å². The summed E-state index contributed by atoms with van der Waals surface area (Å²) in [5, 5.41) is 8.85. The molecule has 0 spiro atoms. The van der Waals surface area contributed by atoms with E-state index in [-0.39, 0.29) is 11.9 Å². The van der Waals surface area contributed by atoms with Gasteiger partial charge in [-0.3, -0.25) is 10.1 Å². The van der Waals surface area contributed by atoms with Gasteiger partial charge < -0.3 is 4.42 Å². The van der Waals surface area contributed by atoms with Crippen LogP contribution in [0.2, 0.25) is 0 Å². The molecule has 1 saturated carbocycles. The van der Waals surface area contributed by atoms with E-state index in [9.17, 15) is 13.6 Å². The second-order valence-electron chi connectivity index (χ2n) is 3.01. The van der Waals surface area contributed by atoms with Crippen LogP contribution in [0.15, 0.2) is 4.42 Å². The van der Waals surface area contributed by atoms with Crippen molar-refractivity contribution in [3.05, 3.63) is 5.89 Å². The molecule has 1 aliphatic rings.